The summed E-state index contributed by atoms with van der Waals surface area (Å²) in [6.45, 7) is 0.173. The SMILES string of the molecule is COc1cc(C=Nc2ccc([N+](=O)[O-])cc2)cc(Cl)c1OCc1ccc(C(=O)O)cc1. The van der Waals surface area contributed by atoms with Crippen LogP contribution in [0.4, 0.5) is 11.4 Å². The first-order valence-corrected chi connectivity index (χ1v) is 9.36. The van der Waals surface area contributed by atoms with E-state index in [1.54, 1.807) is 42.6 Å². The molecule has 8 nitrogen and oxygen atoms in total. The number of ether oxygens (including phenoxy) is 2. The van der Waals surface area contributed by atoms with Crippen molar-refractivity contribution in [2.45, 2.75) is 6.61 Å². The Morgan fingerprint density at radius 3 is 2.42 bits per heavy atom. The number of carboxylic acids is 1. The van der Waals surface area contributed by atoms with Crippen LogP contribution in [0, 0.1) is 10.1 Å². The van der Waals surface area contributed by atoms with Crippen molar-refractivity contribution in [1.29, 1.82) is 0 Å². The van der Waals surface area contributed by atoms with Crippen LogP contribution in [0.5, 0.6) is 11.5 Å². The van der Waals surface area contributed by atoms with Gasteiger partial charge in [0.1, 0.15) is 6.61 Å². The van der Waals surface area contributed by atoms with Crippen LogP contribution < -0.4 is 9.47 Å². The first-order valence-electron chi connectivity index (χ1n) is 8.98. The van der Waals surface area contributed by atoms with Crippen LogP contribution >= 0.6 is 11.6 Å². The molecule has 31 heavy (non-hydrogen) atoms. The van der Waals surface area contributed by atoms with E-state index in [9.17, 15) is 14.9 Å². The fourth-order valence-electron chi connectivity index (χ4n) is 2.66. The molecule has 3 aromatic rings. The zero-order chi connectivity index (χ0) is 22.4. The van der Waals surface area contributed by atoms with Crippen molar-refractivity contribution < 1.29 is 24.3 Å². The highest BCUT2D eigenvalue weighted by Crippen LogP contribution is 2.36. The number of halogens is 1. The lowest BCUT2D eigenvalue weighted by molar-refractivity contribution is -0.384. The molecular weight excluding hydrogens is 424 g/mol. The normalized spacial score (nSPS) is 10.8. The maximum Gasteiger partial charge on any atom is 0.335 e. The third kappa shape index (κ3) is 5.58. The maximum atomic E-state index is 10.9. The average molecular weight is 441 g/mol. The number of nitrogens with zero attached hydrogens (tertiary/aromatic N) is 2. The Hall–Kier alpha value is -3.91. The standard InChI is InChI=1S/C22H17ClN2O6/c1-30-20-11-15(12-24-17-6-8-18(9-7-17)25(28)29)10-19(23)21(20)31-13-14-2-4-16(5-3-14)22(26)27/h2-12H,13H2,1H3,(H,26,27). The van der Waals surface area contributed by atoms with Gasteiger partial charge in [-0.25, -0.2) is 4.79 Å². The molecule has 0 spiro atoms. The van der Waals surface area contributed by atoms with Gasteiger partial charge in [-0.15, -0.1) is 0 Å². The second-order valence-corrected chi connectivity index (χ2v) is 6.76. The zero-order valence-electron chi connectivity index (χ0n) is 16.3. The number of hydrogen-bond acceptors (Lipinski definition) is 6. The van der Waals surface area contributed by atoms with Crippen LogP contribution in [0.3, 0.4) is 0 Å². The summed E-state index contributed by atoms with van der Waals surface area (Å²) in [5.41, 5.74) is 2.15. The van der Waals surface area contributed by atoms with Crippen LogP contribution in [0.15, 0.2) is 65.7 Å². The van der Waals surface area contributed by atoms with Crippen LogP contribution in [0.1, 0.15) is 21.5 Å². The number of hydrogen-bond donors (Lipinski definition) is 1. The number of nitro benzene ring substituents is 1. The van der Waals surface area contributed by atoms with Crippen LogP contribution in [-0.4, -0.2) is 29.3 Å². The second-order valence-electron chi connectivity index (χ2n) is 6.36. The summed E-state index contributed by atoms with van der Waals surface area (Å²) < 4.78 is 11.2. The Bertz CT molecular complexity index is 1130. The number of methoxy groups -OCH3 is 1. The van der Waals surface area contributed by atoms with Crippen molar-refractivity contribution in [3.63, 3.8) is 0 Å². The van der Waals surface area contributed by atoms with Gasteiger partial charge in [0.05, 0.1) is 28.3 Å². The molecule has 3 rings (SSSR count). The van der Waals surface area contributed by atoms with E-state index in [4.69, 9.17) is 26.2 Å². The Balaban J connectivity index is 1.74. The van der Waals surface area contributed by atoms with Gasteiger partial charge in [0.2, 0.25) is 0 Å². The quantitative estimate of drug-likeness (QED) is 0.289. The molecule has 0 radical (unpaired) electrons. The van der Waals surface area contributed by atoms with E-state index in [1.165, 1.54) is 31.4 Å². The predicted octanol–water partition coefficient (Wildman–Crippen LogP) is 5.28. The molecule has 0 aromatic heterocycles. The Morgan fingerprint density at radius 1 is 1.16 bits per heavy atom. The van der Waals surface area contributed by atoms with Crippen LogP contribution in [-0.2, 0) is 6.61 Å². The van der Waals surface area contributed by atoms with Gasteiger partial charge in [-0.3, -0.25) is 15.1 Å². The van der Waals surface area contributed by atoms with E-state index in [0.717, 1.165) is 5.56 Å². The zero-order valence-corrected chi connectivity index (χ0v) is 17.1. The summed E-state index contributed by atoms with van der Waals surface area (Å²) >= 11 is 6.36. The molecule has 0 saturated carbocycles. The topological polar surface area (TPSA) is 111 Å². The van der Waals surface area contributed by atoms with Crippen LogP contribution in [0.25, 0.3) is 0 Å². The van der Waals surface area contributed by atoms with Gasteiger partial charge in [-0.1, -0.05) is 23.7 Å². The van der Waals surface area contributed by atoms with Gasteiger partial charge in [0.15, 0.2) is 11.5 Å². The minimum absolute atomic E-state index is 0.0113. The van der Waals surface area contributed by atoms with Crippen molar-refractivity contribution in [1.82, 2.24) is 0 Å². The molecule has 0 amide bonds. The van der Waals surface area contributed by atoms with Gasteiger partial charge in [-0.2, -0.15) is 0 Å². The average Bonchev–Trinajstić information content (AvgIpc) is 2.77. The molecule has 158 valence electrons. The van der Waals surface area contributed by atoms with E-state index in [0.29, 0.717) is 27.8 Å². The van der Waals surface area contributed by atoms with Crippen LogP contribution in [0.2, 0.25) is 5.02 Å². The Morgan fingerprint density at radius 2 is 1.84 bits per heavy atom. The molecule has 0 aliphatic rings. The number of aliphatic imine (C=N–C) groups is 1. The highest BCUT2D eigenvalue weighted by atomic mass is 35.5. The van der Waals surface area contributed by atoms with Gasteiger partial charge < -0.3 is 14.6 Å². The lowest BCUT2D eigenvalue weighted by atomic mass is 10.1. The number of benzene rings is 3. The number of nitro groups is 1. The van der Waals surface area contributed by atoms with Crippen molar-refractivity contribution in [2.75, 3.05) is 7.11 Å². The first kappa shape index (κ1) is 21.8. The minimum atomic E-state index is -0.997. The third-order valence-electron chi connectivity index (χ3n) is 4.26. The molecule has 0 heterocycles. The first-order chi connectivity index (χ1) is 14.9. The summed E-state index contributed by atoms with van der Waals surface area (Å²) in [5.74, 6) is -0.248. The van der Waals surface area contributed by atoms with E-state index in [1.807, 2.05) is 0 Å². The molecule has 0 aliphatic heterocycles. The highest BCUT2D eigenvalue weighted by Gasteiger charge is 2.12. The summed E-state index contributed by atoms with van der Waals surface area (Å²) in [7, 11) is 1.48. The maximum absolute atomic E-state index is 10.9. The predicted molar refractivity (Wildman–Crippen MR) is 116 cm³/mol. The van der Waals surface area contributed by atoms with Crippen molar-refractivity contribution in [2.24, 2.45) is 4.99 Å². The van der Waals surface area contributed by atoms with E-state index < -0.39 is 10.9 Å². The number of carboxylic acid groups (broad SMARTS) is 1. The summed E-state index contributed by atoms with van der Waals surface area (Å²) in [6, 6.07) is 15.5. The van der Waals surface area contributed by atoms with E-state index in [2.05, 4.69) is 4.99 Å². The van der Waals surface area contributed by atoms with E-state index >= 15 is 0 Å². The van der Waals surface area contributed by atoms with Gasteiger partial charge >= 0.3 is 5.97 Å². The number of rotatable bonds is 8. The minimum Gasteiger partial charge on any atom is -0.493 e. The second kappa shape index (κ2) is 9.73. The van der Waals surface area contributed by atoms with Gasteiger partial charge in [0.25, 0.3) is 5.69 Å². The molecule has 0 atom stereocenters. The molecule has 9 heteroatoms. The molecule has 1 N–H and O–H groups in total. The number of carbonyl (C=O) groups is 1. The highest BCUT2D eigenvalue weighted by molar-refractivity contribution is 6.32. The lowest BCUT2D eigenvalue weighted by Gasteiger charge is -2.13. The van der Waals surface area contributed by atoms with E-state index in [-0.39, 0.29) is 17.9 Å². The largest absolute Gasteiger partial charge is 0.493 e. The summed E-state index contributed by atoms with van der Waals surface area (Å²) in [4.78, 5) is 25.5. The van der Waals surface area contributed by atoms with Gasteiger partial charge in [-0.05, 0) is 47.5 Å². The summed E-state index contributed by atoms with van der Waals surface area (Å²) in [6.07, 6.45) is 1.56. The Labute approximate surface area is 182 Å². The lowest BCUT2D eigenvalue weighted by Crippen LogP contribution is -2.01. The van der Waals surface area contributed by atoms with Crippen molar-refractivity contribution >= 4 is 35.2 Å². The molecular formula is C22H17ClN2O6. The van der Waals surface area contributed by atoms with Gasteiger partial charge in [0, 0.05) is 18.3 Å². The fourth-order valence-corrected chi connectivity index (χ4v) is 2.94. The van der Waals surface area contributed by atoms with Crippen molar-refractivity contribution in [3.8, 4) is 11.5 Å². The molecule has 0 unspecified atom stereocenters. The molecule has 3 aromatic carbocycles. The molecule has 0 bridgehead atoms. The third-order valence-corrected chi connectivity index (χ3v) is 4.54. The number of non-ortho nitro benzene ring substituents is 1. The van der Waals surface area contributed by atoms with Crippen molar-refractivity contribution in [3.05, 3.63) is 92.5 Å². The molecule has 0 aliphatic carbocycles. The summed E-state index contributed by atoms with van der Waals surface area (Å²) in [5, 5.41) is 20.0. The smallest absolute Gasteiger partial charge is 0.335 e. The molecule has 0 saturated heterocycles. The number of aromatic carboxylic acids is 1. The Kier molecular flexibility index (Phi) is 6.84. The molecule has 0 fully saturated rings. The fraction of sp³-hybridized carbons (Fsp3) is 0.0909. The monoisotopic (exact) mass is 440 g/mol.